The number of ether oxygens (including phenoxy) is 2. The second kappa shape index (κ2) is 15.9. The smallest absolute Gasteiger partial charge is 0.324 e. The van der Waals surface area contributed by atoms with Gasteiger partial charge >= 0.3 is 11.9 Å². The highest BCUT2D eigenvalue weighted by molar-refractivity contribution is 7.99. The zero-order valence-electron chi connectivity index (χ0n) is 25.5. The third-order valence-corrected chi connectivity index (χ3v) is 8.49. The van der Waals surface area contributed by atoms with Crippen LogP contribution in [0.15, 0.2) is 58.3 Å². The van der Waals surface area contributed by atoms with Gasteiger partial charge in [0.15, 0.2) is 0 Å². The van der Waals surface area contributed by atoms with Crippen LogP contribution in [0.4, 0.5) is 11.4 Å². The predicted octanol–water partition coefficient (Wildman–Crippen LogP) is 1.63. The van der Waals surface area contributed by atoms with Crippen LogP contribution in [0.1, 0.15) is 11.1 Å². The van der Waals surface area contributed by atoms with Crippen LogP contribution >= 0.6 is 11.8 Å². The summed E-state index contributed by atoms with van der Waals surface area (Å²) in [5.41, 5.74) is 0.0811. The van der Waals surface area contributed by atoms with E-state index in [9.17, 15) is 39.4 Å². The van der Waals surface area contributed by atoms with Crippen molar-refractivity contribution in [1.29, 1.82) is 0 Å². The van der Waals surface area contributed by atoms with Gasteiger partial charge in [-0.2, -0.15) is 0 Å². The van der Waals surface area contributed by atoms with Gasteiger partial charge in [0.05, 0.1) is 33.9 Å². The van der Waals surface area contributed by atoms with E-state index in [0.717, 1.165) is 11.8 Å². The molecule has 2 aromatic rings. The molecule has 2 heterocycles. The number of piperazine rings is 2. The third-order valence-electron chi connectivity index (χ3n) is 7.36. The maximum atomic E-state index is 12.7. The molecule has 17 heteroatoms. The van der Waals surface area contributed by atoms with Gasteiger partial charge in [-0.25, -0.2) is 0 Å². The summed E-state index contributed by atoms with van der Waals surface area (Å²) in [7, 11) is 2.52. The van der Waals surface area contributed by atoms with Crippen LogP contribution in [0.5, 0.6) is 0 Å². The molecule has 0 radical (unpaired) electrons. The number of hydrogen-bond acceptors (Lipinski definition) is 13. The Morgan fingerprint density at radius 1 is 0.766 bits per heavy atom. The first-order valence-corrected chi connectivity index (χ1v) is 15.1. The number of benzene rings is 2. The first-order valence-electron chi connectivity index (χ1n) is 14.3. The molecule has 2 aromatic carbocycles. The summed E-state index contributed by atoms with van der Waals surface area (Å²) in [5, 5.41) is 29.8. The Kier molecular flexibility index (Phi) is 11.8. The van der Waals surface area contributed by atoms with E-state index in [2.05, 4.69) is 10.6 Å². The highest BCUT2D eigenvalue weighted by atomic mass is 32.2. The summed E-state index contributed by atoms with van der Waals surface area (Å²) in [5.74, 6) is -1.74. The molecule has 47 heavy (non-hydrogen) atoms. The molecule has 2 N–H and O–H groups in total. The van der Waals surface area contributed by atoms with Crippen LogP contribution < -0.4 is 10.6 Å². The predicted molar refractivity (Wildman–Crippen MR) is 169 cm³/mol. The van der Waals surface area contributed by atoms with Gasteiger partial charge in [-0.3, -0.25) is 39.4 Å². The SMILES string of the molecule is COC(=O)C1CN(C(=O)/C=C/c2ccc(Sc3ccc(/C=C/C(=O)N4CCNC(C(=O)OC)C4)cc3[N+](=O)[O-])c([N+](=O)[O-])c2)CCN1. The van der Waals surface area contributed by atoms with E-state index in [1.165, 1.54) is 72.6 Å². The maximum absolute atomic E-state index is 12.7. The number of amides is 2. The van der Waals surface area contributed by atoms with E-state index in [1.807, 2.05) is 0 Å². The molecule has 2 atom stereocenters. The number of carbonyl (C=O) groups excluding carboxylic acids is 4. The number of nitro groups is 2. The Bertz CT molecular complexity index is 1510. The summed E-state index contributed by atoms with van der Waals surface area (Å²) in [4.78, 5) is 74.9. The number of methoxy groups -OCH3 is 2. The van der Waals surface area contributed by atoms with Crippen molar-refractivity contribution >= 4 is 59.0 Å². The number of esters is 2. The van der Waals surface area contributed by atoms with E-state index >= 15 is 0 Å². The summed E-state index contributed by atoms with van der Waals surface area (Å²) in [6.07, 6.45) is 5.35. The maximum Gasteiger partial charge on any atom is 0.324 e. The molecule has 2 saturated heterocycles. The van der Waals surface area contributed by atoms with Crippen LogP contribution in [0.2, 0.25) is 0 Å². The molecule has 0 bridgehead atoms. The normalized spacial score (nSPS) is 18.3. The van der Waals surface area contributed by atoms with Crippen molar-refractivity contribution < 1.29 is 38.5 Å². The fraction of sp³-hybridized carbons (Fsp3) is 0.333. The van der Waals surface area contributed by atoms with Crippen LogP contribution in [0, 0.1) is 20.2 Å². The van der Waals surface area contributed by atoms with Crippen molar-refractivity contribution in [1.82, 2.24) is 20.4 Å². The van der Waals surface area contributed by atoms with Crippen LogP contribution in [0.25, 0.3) is 12.2 Å². The van der Waals surface area contributed by atoms with Gasteiger partial charge in [-0.1, -0.05) is 23.9 Å². The second-order valence-electron chi connectivity index (χ2n) is 10.4. The number of hydrogen-bond donors (Lipinski definition) is 2. The number of nitrogens with one attached hydrogen (secondary N) is 2. The number of nitro benzene ring substituents is 2. The first-order chi connectivity index (χ1) is 22.5. The van der Waals surface area contributed by atoms with Crippen LogP contribution in [-0.4, -0.2) is 109 Å². The molecule has 2 aliphatic rings. The second-order valence-corrected chi connectivity index (χ2v) is 11.4. The molecular formula is C30H32N6O10S. The summed E-state index contributed by atoms with van der Waals surface area (Å²) in [6.45, 7) is 1.75. The van der Waals surface area contributed by atoms with E-state index < -0.39 is 33.9 Å². The Labute approximate surface area is 273 Å². The molecule has 0 spiro atoms. The number of carbonyl (C=O) groups is 4. The van der Waals surface area contributed by atoms with Crippen molar-refractivity contribution in [3.8, 4) is 0 Å². The van der Waals surface area contributed by atoms with Crippen molar-refractivity contribution in [3.63, 3.8) is 0 Å². The van der Waals surface area contributed by atoms with E-state index in [4.69, 9.17) is 9.47 Å². The monoisotopic (exact) mass is 668 g/mol. The van der Waals surface area contributed by atoms with E-state index in [-0.39, 0.29) is 46.1 Å². The van der Waals surface area contributed by atoms with E-state index in [0.29, 0.717) is 37.3 Å². The van der Waals surface area contributed by atoms with Gasteiger partial charge in [0, 0.05) is 63.6 Å². The largest absolute Gasteiger partial charge is 0.468 e. The molecule has 4 rings (SSSR count). The molecule has 0 aliphatic carbocycles. The van der Waals surface area contributed by atoms with Gasteiger partial charge < -0.3 is 29.9 Å². The quantitative estimate of drug-likeness (QED) is 0.160. The fourth-order valence-corrected chi connectivity index (χ4v) is 5.88. The summed E-state index contributed by atoms with van der Waals surface area (Å²) < 4.78 is 9.45. The number of rotatable bonds is 10. The average molecular weight is 669 g/mol. The Hall–Kier alpha value is -5.13. The zero-order chi connectivity index (χ0) is 34.1. The summed E-state index contributed by atoms with van der Waals surface area (Å²) >= 11 is 0.836. The Balaban J connectivity index is 1.47. The molecule has 2 unspecified atom stereocenters. The standard InChI is InChI=1S/C30H32N6O10S/c1-45-29(39)21-17-33(13-11-31-21)27(37)9-5-19-3-7-25(23(15-19)35(41)42)47-26-8-4-20(16-24(26)36(43)44)6-10-28(38)34-14-12-32-22(18-34)30(40)46-2/h3-10,15-16,21-22,31-32H,11-14,17-18H2,1-2H3/b9-5+,10-6+. The van der Waals surface area contributed by atoms with Crippen LogP contribution in [0.3, 0.4) is 0 Å². The molecule has 0 aromatic heterocycles. The Morgan fingerprint density at radius 3 is 1.53 bits per heavy atom. The lowest BCUT2D eigenvalue weighted by Crippen LogP contribution is -2.55. The van der Waals surface area contributed by atoms with Gasteiger partial charge in [0.25, 0.3) is 11.4 Å². The molecule has 16 nitrogen and oxygen atoms in total. The van der Waals surface area contributed by atoms with Crippen molar-refractivity contribution in [2.24, 2.45) is 0 Å². The van der Waals surface area contributed by atoms with Crippen molar-refractivity contribution in [2.75, 3.05) is 53.5 Å². The molecule has 2 fully saturated rings. The highest BCUT2D eigenvalue weighted by Gasteiger charge is 2.29. The van der Waals surface area contributed by atoms with Crippen molar-refractivity contribution in [2.45, 2.75) is 21.9 Å². The lowest BCUT2D eigenvalue weighted by molar-refractivity contribution is -0.388. The minimum absolute atomic E-state index is 0.114. The minimum Gasteiger partial charge on any atom is -0.468 e. The molecular weight excluding hydrogens is 636 g/mol. The van der Waals surface area contributed by atoms with Gasteiger partial charge in [-0.15, -0.1) is 0 Å². The lowest BCUT2D eigenvalue weighted by Gasteiger charge is -2.31. The van der Waals surface area contributed by atoms with E-state index in [1.54, 1.807) is 12.1 Å². The van der Waals surface area contributed by atoms with Gasteiger partial charge in [-0.05, 0) is 35.4 Å². The minimum atomic E-state index is -0.653. The highest BCUT2D eigenvalue weighted by Crippen LogP contribution is 2.40. The zero-order valence-corrected chi connectivity index (χ0v) is 26.3. The molecule has 2 aliphatic heterocycles. The van der Waals surface area contributed by atoms with Gasteiger partial charge in [0.1, 0.15) is 12.1 Å². The van der Waals surface area contributed by atoms with Crippen LogP contribution in [-0.2, 0) is 28.7 Å². The molecule has 0 saturated carbocycles. The third kappa shape index (κ3) is 8.99. The fourth-order valence-electron chi connectivity index (χ4n) is 4.90. The van der Waals surface area contributed by atoms with Crippen molar-refractivity contribution in [3.05, 3.63) is 79.9 Å². The average Bonchev–Trinajstić information content (AvgIpc) is 3.09. The first kappa shape index (κ1) is 34.7. The van der Waals surface area contributed by atoms with Gasteiger partial charge in [0.2, 0.25) is 11.8 Å². The summed E-state index contributed by atoms with van der Waals surface area (Å²) in [6, 6.07) is 7.19. The Morgan fingerprint density at radius 2 is 1.17 bits per heavy atom. The molecule has 248 valence electrons. The number of nitrogens with zero attached hydrogens (tertiary/aromatic N) is 4. The lowest BCUT2D eigenvalue weighted by atomic mass is 10.1. The topological polar surface area (TPSA) is 204 Å². The molecule has 2 amide bonds.